The van der Waals surface area contributed by atoms with Crippen molar-refractivity contribution in [2.45, 2.75) is 25.7 Å². The van der Waals surface area contributed by atoms with E-state index in [0.29, 0.717) is 15.7 Å². The van der Waals surface area contributed by atoms with Crippen molar-refractivity contribution >= 4 is 34.7 Å². The van der Waals surface area contributed by atoms with Gasteiger partial charge in [-0.25, -0.2) is 0 Å². The SMILES string of the molecule is O=C1C(N=Nc2ccc(Cl)cc2Cl)=C(O)C2CCCCC12. The number of allylic oxidation sites excluding steroid dienone is 2. The summed E-state index contributed by atoms with van der Waals surface area (Å²) in [6.07, 6.45) is 3.71. The van der Waals surface area contributed by atoms with Crippen LogP contribution in [0.25, 0.3) is 0 Å². The maximum atomic E-state index is 12.3. The van der Waals surface area contributed by atoms with E-state index in [2.05, 4.69) is 10.2 Å². The Morgan fingerprint density at radius 2 is 1.81 bits per heavy atom. The molecule has 0 amide bonds. The summed E-state index contributed by atoms with van der Waals surface area (Å²) in [7, 11) is 0. The molecule has 0 radical (unpaired) electrons. The monoisotopic (exact) mass is 324 g/mol. The zero-order chi connectivity index (χ0) is 15.0. The molecule has 0 spiro atoms. The van der Waals surface area contributed by atoms with E-state index in [0.717, 1.165) is 25.7 Å². The summed E-state index contributed by atoms with van der Waals surface area (Å²) in [6.45, 7) is 0. The lowest BCUT2D eigenvalue weighted by Crippen LogP contribution is -2.21. The molecule has 21 heavy (non-hydrogen) atoms. The number of aliphatic hydroxyl groups is 1. The number of aliphatic hydroxyl groups excluding tert-OH is 1. The molecule has 1 fully saturated rings. The first-order valence-electron chi connectivity index (χ1n) is 6.92. The van der Waals surface area contributed by atoms with Gasteiger partial charge in [0.15, 0.2) is 11.5 Å². The third-order valence-corrected chi connectivity index (χ3v) is 4.64. The van der Waals surface area contributed by atoms with E-state index in [1.807, 2.05) is 0 Å². The van der Waals surface area contributed by atoms with Crippen LogP contribution in [0.2, 0.25) is 10.0 Å². The Hall–Kier alpha value is -1.39. The van der Waals surface area contributed by atoms with Crippen molar-refractivity contribution in [3.63, 3.8) is 0 Å². The number of hydrogen-bond donors (Lipinski definition) is 1. The first-order chi connectivity index (χ1) is 10.1. The molecule has 0 heterocycles. The van der Waals surface area contributed by atoms with E-state index in [-0.39, 0.29) is 29.1 Å². The summed E-state index contributed by atoms with van der Waals surface area (Å²) in [5.74, 6) is -0.237. The van der Waals surface area contributed by atoms with E-state index in [4.69, 9.17) is 23.2 Å². The van der Waals surface area contributed by atoms with Gasteiger partial charge >= 0.3 is 0 Å². The van der Waals surface area contributed by atoms with Crippen molar-refractivity contribution in [2.75, 3.05) is 0 Å². The minimum absolute atomic E-state index is 0.0814. The first-order valence-corrected chi connectivity index (χ1v) is 7.67. The standard InChI is InChI=1S/C15H14Cl2N2O2/c16-8-5-6-12(11(17)7-8)18-19-13-14(20)9-3-1-2-4-10(9)15(13)21/h5-7,9-10,20H,1-4H2. The lowest BCUT2D eigenvalue weighted by Gasteiger charge is -2.23. The molecular weight excluding hydrogens is 311 g/mol. The summed E-state index contributed by atoms with van der Waals surface area (Å²) in [6, 6.07) is 4.83. The van der Waals surface area contributed by atoms with Gasteiger partial charge in [0.2, 0.25) is 0 Å². The fourth-order valence-electron chi connectivity index (χ4n) is 3.02. The number of ketones is 1. The van der Waals surface area contributed by atoms with Crippen LogP contribution in [0.15, 0.2) is 39.9 Å². The average molecular weight is 325 g/mol. The highest BCUT2D eigenvalue weighted by Gasteiger charge is 2.43. The highest BCUT2D eigenvalue weighted by molar-refractivity contribution is 6.36. The lowest BCUT2D eigenvalue weighted by atomic mass is 9.80. The minimum Gasteiger partial charge on any atom is -0.510 e. The Labute approximate surface area is 132 Å². The molecule has 1 aromatic carbocycles. The van der Waals surface area contributed by atoms with Crippen molar-refractivity contribution in [1.82, 2.24) is 0 Å². The van der Waals surface area contributed by atoms with Gasteiger partial charge < -0.3 is 5.11 Å². The van der Waals surface area contributed by atoms with Crippen molar-refractivity contribution in [2.24, 2.45) is 22.1 Å². The van der Waals surface area contributed by atoms with Crippen LogP contribution in [-0.4, -0.2) is 10.9 Å². The number of azo groups is 1. The predicted molar refractivity (Wildman–Crippen MR) is 81.1 cm³/mol. The molecule has 110 valence electrons. The Kier molecular flexibility index (Phi) is 4.00. The second-order valence-electron chi connectivity index (χ2n) is 5.39. The average Bonchev–Trinajstić information content (AvgIpc) is 2.71. The van der Waals surface area contributed by atoms with Crippen LogP contribution >= 0.6 is 23.2 Å². The van der Waals surface area contributed by atoms with Crippen LogP contribution in [0, 0.1) is 11.8 Å². The highest BCUT2D eigenvalue weighted by Crippen LogP contribution is 2.43. The summed E-state index contributed by atoms with van der Waals surface area (Å²) < 4.78 is 0. The molecule has 2 aliphatic rings. The van der Waals surface area contributed by atoms with Crippen molar-refractivity contribution in [3.8, 4) is 0 Å². The van der Waals surface area contributed by atoms with E-state index < -0.39 is 0 Å². The van der Waals surface area contributed by atoms with Crippen LogP contribution in [-0.2, 0) is 4.79 Å². The normalized spacial score (nSPS) is 25.7. The number of benzene rings is 1. The molecule has 0 bridgehead atoms. The van der Waals surface area contributed by atoms with Gasteiger partial charge in [-0.15, -0.1) is 10.2 Å². The second-order valence-corrected chi connectivity index (χ2v) is 6.23. The summed E-state index contributed by atoms with van der Waals surface area (Å²) in [5.41, 5.74) is 0.502. The molecule has 0 aromatic heterocycles. The number of fused-ring (bicyclic) bond motifs is 1. The third-order valence-electron chi connectivity index (χ3n) is 4.10. The number of nitrogens with zero attached hydrogens (tertiary/aromatic N) is 2. The number of hydrogen-bond acceptors (Lipinski definition) is 4. The molecule has 0 saturated heterocycles. The van der Waals surface area contributed by atoms with Gasteiger partial charge in [-0.05, 0) is 31.0 Å². The quantitative estimate of drug-likeness (QED) is 0.756. The number of carbonyl (C=O) groups is 1. The van der Waals surface area contributed by atoms with Gasteiger partial charge in [0.1, 0.15) is 11.4 Å². The van der Waals surface area contributed by atoms with Crippen molar-refractivity contribution < 1.29 is 9.90 Å². The van der Waals surface area contributed by atoms with Crippen molar-refractivity contribution in [1.29, 1.82) is 0 Å². The molecule has 3 rings (SSSR count). The number of rotatable bonds is 2. The lowest BCUT2D eigenvalue weighted by molar-refractivity contribution is -0.120. The molecular formula is C15H14Cl2N2O2. The zero-order valence-electron chi connectivity index (χ0n) is 11.2. The number of Topliss-reactive ketones (excluding diaryl/α,β-unsaturated/α-hetero) is 1. The summed E-state index contributed by atoms with van der Waals surface area (Å²) in [4.78, 5) is 12.3. The fourth-order valence-corrected chi connectivity index (χ4v) is 3.46. The second kappa shape index (κ2) is 5.78. The molecule has 0 aliphatic heterocycles. The predicted octanol–water partition coefficient (Wildman–Crippen LogP) is 5.24. The molecule has 2 unspecified atom stereocenters. The maximum Gasteiger partial charge on any atom is 0.190 e. The smallest absolute Gasteiger partial charge is 0.190 e. The van der Waals surface area contributed by atoms with Crippen LogP contribution in [0.5, 0.6) is 0 Å². The molecule has 1 aromatic rings. The van der Waals surface area contributed by atoms with Crippen molar-refractivity contribution in [3.05, 3.63) is 39.7 Å². The van der Waals surface area contributed by atoms with Crippen LogP contribution in [0.4, 0.5) is 5.69 Å². The molecule has 2 atom stereocenters. The van der Waals surface area contributed by atoms with Gasteiger partial charge in [-0.1, -0.05) is 36.0 Å². The Bertz CT molecular complexity index is 655. The summed E-state index contributed by atoms with van der Waals surface area (Å²) >= 11 is 11.8. The van der Waals surface area contributed by atoms with E-state index in [1.165, 1.54) is 0 Å². The number of carbonyl (C=O) groups excluding carboxylic acids is 1. The van der Waals surface area contributed by atoms with Crippen LogP contribution < -0.4 is 0 Å². The molecule has 6 heteroatoms. The zero-order valence-corrected chi connectivity index (χ0v) is 12.7. The fraction of sp³-hybridized carbons (Fsp3) is 0.400. The molecule has 4 nitrogen and oxygen atoms in total. The van der Waals surface area contributed by atoms with Gasteiger partial charge in [0.05, 0.1) is 5.02 Å². The Morgan fingerprint density at radius 1 is 1.10 bits per heavy atom. The van der Waals surface area contributed by atoms with E-state index in [1.54, 1.807) is 18.2 Å². The van der Waals surface area contributed by atoms with Gasteiger partial charge in [-0.3, -0.25) is 4.79 Å². The van der Waals surface area contributed by atoms with E-state index >= 15 is 0 Å². The largest absolute Gasteiger partial charge is 0.510 e. The highest BCUT2D eigenvalue weighted by atomic mass is 35.5. The van der Waals surface area contributed by atoms with Gasteiger partial charge in [0.25, 0.3) is 0 Å². The third kappa shape index (κ3) is 2.70. The minimum atomic E-state index is -0.131. The van der Waals surface area contributed by atoms with Gasteiger partial charge in [-0.2, -0.15) is 0 Å². The molecule has 1 N–H and O–H groups in total. The Morgan fingerprint density at radius 3 is 2.48 bits per heavy atom. The topological polar surface area (TPSA) is 62.0 Å². The molecule has 2 aliphatic carbocycles. The first kappa shape index (κ1) is 14.5. The van der Waals surface area contributed by atoms with Crippen LogP contribution in [0.3, 0.4) is 0 Å². The molecule has 1 saturated carbocycles. The summed E-state index contributed by atoms with van der Waals surface area (Å²) in [5, 5.41) is 19.0. The maximum absolute atomic E-state index is 12.3. The van der Waals surface area contributed by atoms with E-state index in [9.17, 15) is 9.90 Å². The Balaban J connectivity index is 1.88. The van der Waals surface area contributed by atoms with Crippen LogP contribution in [0.1, 0.15) is 25.7 Å². The van der Waals surface area contributed by atoms with Gasteiger partial charge in [0, 0.05) is 16.9 Å². The number of halogens is 2.